The average Bonchev–Trinajstić information content (AvgIpc) is 2.73. The highest BCUT2D eigenvalue weighted by Gasteiger charge is 2.23. The van der Waals surface area contributed by atoms with Gasteiger partial charge in [-0.1, -0.05) is 36.0 Å². The first-order chi connectivity index (χ1) is 14.3. The molecule has 2 heterocycles. The molecule has 160 valence electrons. The molecule has 2 aliphatic heterocycles. The fourth-order valence-electron chi connectivity index (χ4n) is 3.93. The van der Waals surface area contributed by atoms with Crippen molar-refractivity contribution in [3.05, 3.63) is 59.7 Å². The zero-order valence-electron chi connectivity index (χ0n) is 17.8. The van der Waals surface area contributed by atoms with Gasteiger partial charge in [0.25, 0.3) is 0 Å². The van der Waals surface area contributed by atoms with Crippen LogP contribution in [-0.4, -0.2) is 71.3 Å². The number of hydrogen-bond donors (Lipinski definition) is 0. The van der Waals surface area contributed by atoms with Gasteiger partial charge in [0.2, 0.25) is 10.0 Å². The summed E-state index contributed by atoms with van der Waals surface area (Å²) >= 11 is 1.75. The van der Waals surface area contributed by atoms with E-state index in [0.29, 0.717) is 5.69 Å². The maximum atomic E-state index is 12.0. The Balaban J connectivity index is 1.65. The predicted octanol–water partition coefficient (Wildman–Crippen LogP) is 3.62. The van der Waals surface area contributed by atoms with Gasteiger partial charge in [0, 0.05) is 49.6 Å². The van der Waals surface area contributed by atoms with Crippen LogP contribution in [0.5, 0.6) is 0 Å². The Morgan fingerprint density at radius 2 is 1.73 bits per heavy atom. The highest BCUT2D eigenvalue weighted by molar-refractivity contribution is 7.99. The van der Waals surface area contributed by atoms with Gasteiger partial charge in [0.05, 0.1) is 11.9 Å². The Morgan fingerprint density at radius 1 is 1.03 bits per heavy atom. The van der Waals surface area contributed by atoms with Gasteiger partial charge in [-0.15, -0.1) is 0 Å². The largest absolute Gasteiger partial charge is 0.304 e. The van der Waals surface area contributed by atoms with Crippen LogP contribution in [0.25, 0.3) is 5.57 Å². The van der Waals surface area contributed by atoms with E-state index in [2.05, 4.69) is 47.2 Å². The number of likely N-dealkylation sites (N-methyl/N-ethyl adjacent to an activating group) is 1. The molecule has 0 atom stereocenters. The smallest absolute Gasteiger partial charge is 0.231 e. The van der Waals surface area contributed by atoms with E-state index in [-0.39, 0.29) is 0 Å². The summed E-state index contributed by atoms with van der Waals surface area (Å²) in [5.41, 5.74) is 4.25. The van der Waals surface area contributed by atoms with E-state index in [1.165, 1.54) is 31.5 Å². The van der Waals surface area contributed by atoms with E-state index < -0.39 is 10.0 Å². The molecule has 0 saturated carbocycles. The number of anilines is 1. The number of hydrogen-bond acceptors (Lipinski definition) is 5. The summed E-state index contributed by atoms with van der Waals surface area (Å²) in [7, 11) is 0.487. The summed E-state index contributed by atoms with van der Waals surface area (Å²) in [5, 5.41) is 0. The van der Waals surface area contributed by atoms with Crippen molar-refractivity contribution in [2.75, 3.05) is 57.4 Å². The van der Waals surface area contributed by atoms with Crippen molar-refractivity contribution in [3.8, 4) is 0 Å². The minimum absolute atomic E-state index is 0.696. The van der Waals surface area contributed by atoms with Gasteiger partial charge in [0.15, 0.2) is 0 Å². The van der Waals surface area contributed by atoms with Gasteiger partial charge >= 0.3 is 0 Å². The van der Waals surface area contributed by atoms with E-state index in [1.807, 2.05) is 18.2 Å². The van der Waals surface area contributed by atoms with E-state index in [9.17, 15) is 8.42 Å². The maximum Gasteiger partial charge on any atom is 0.231 e. The van der Waals surface area contributed by atoms with E-state index in [0.717, 1.165) is 44.7 Å². The SMILES string of the molecule is CN1CCN(CC/C=C2/c3ccccc3Sc3ccc(N(C)S(C)(=O)=O)cc32)CC1. The van der Waals surface area contributed by atoms with Gasteiger partial charge in [-0.3, -0.25) is 4.31 Å². The first kappa shape index (κ1) is 21.4. The molecule has 1 saturated heterocycles. The number of fused-ring (bicyclic) bond motifs is 2. The van der Waals surface area contributed by atoms with Crippen LogP contribution in [0.2, 0.25) is 0 Å². The van der Waals surface area contributed by atoms with Crippen molar-refractivity contribution in [1.82, 2.24) is 9.80 Å². The topological polar surface area (TPSA) is 43.9 Å². The monoisotopic (exact) mass is 443 g/mol. The molecule has 0 aliphatic carbocycles. The van der Waals surface area contributed by atoms with Crippen LogP contribution >= 0.6 is 11.8 Å². The second kappa shape index (κ2) is 8.75. The molecule has 0 radical (unpaired) electrons. The van der Waals surface area contributed by atoms with E-state index >= 15 is 0 Å². The van der Waals surface area contributed by atoms with E-state index in [4.69, 9.17) is 0 Å². The molecular weight excluding hydrogens is 414 g/mol. The van der Waals surface area contributed by atoms with Crippen molar-refractivity contribution < 1.29 is 8.42 Å². The molecule has 5 nitrogen and oxygen atoms in total. The standard InChI is InChI=1S/C23H29N3O2S2/c1-24-13-15-26(16-14-24)12-6-8-19-20-7-4-5-9-22(20)29-23-11-10-18(17-21(19)23)25(2)30(3,27)28/h4-5,7-11,17H,6,12-16H2,1-3H3/b19-8-. The van der Waals surface area contributed by atoms with Crippen LogP contribution in [0, 0.1) is 0 Å². The predicted molar refractivity (Wildman–Crippen MR) is 126 cm³/mol. The number of sulfonamides is 1. The number of nitrogens with zero attached hydrogens (tertiary/aromatic N) is 3. The van der Waals surface area contributed by atoms with Crippen LogP contribution < -0.4 is 4.31 Å². The Hall–Kier alpha value is -1.80. The van der Waals surface area contributed by atoms with Gasteiger partial charge in [0.1, 0.15) is 0 Å². The van der Waals surface area contributed by atoms with E-state index in [1.54, 1.807) is 18.8 Å². The third-order valence-corrected chi connectivity index (χ3v) is 8.26. The lowest BCUT2D eigenvalue weighted by Gasteiger charge is -2.32. The Bertz CT molecular complexity index is 1060. The number of rotatable bonds is 5. The Labute approximate surface area is 184 Å². The second-order valence-electron chi connectivity index (χ2n) is 8.06. The Morgan fingerprint density at radius 3 is 2.47 bits per heavy atom. The molecular formula is C23H29N3O2S2. The molecule has 0 aromatic heterocycles. The van der Waals surface area contributed by atoms with Crippen molar-refractivity contribution in [2.24, 2.45) is 0 Å². The number of piperazine rings is 1. The highest BCUT2D eigenvalue weighted by Crippen LogP contribution is 2.46. The lowest BCUT2D eigenvalue weighted by Crippen LogP contribution is -2.44. The molecule has 0 spiro atoms. The van der Waals surface area contributed by atoms with Crippen molar-refractivity contribution >= 4 is 33.0 Å². The number of benzene rings is 2. The van der Waals surface area contributed by atoms with Crippen molar-refractivity contribution in [1.29, 1.82) is 0 Å². The molecule has 0 bridgehead atoms. The summed E-state index contributed by atoms with van der Waals surface area (Å²) in [6.45, 7) is 5.53. The van der Waals surface area contributed by atoms with Gasteiger partial charge < -0.3 is 9.80 Å². The zero-order valence-corrected chi connectivity index (χ0v) is 19.5. The molecule has 0 amide bonds. The van der Waals surface area contributed by atoms with Crippen molar-refractivity contribution in [3.63, 3.8) is 0 Å². The normalized spacial score (nSPS) is 18.8. The Kier molecular flexibility index (Phi) is 6.25. The molecule has 0 N–H and O–H groups in total. The van der Waals surface area contributed by atoms with Gasteiger partial charge in [-0.25, -0.2) is 8.42 Å². The summed E-state index contributed by atoms with van der Waals surface area (Å²) in [6.07, 6.45) is 4.55. The molecule has 0 unspecified atom stereocenters. The molecule has 7 heteroatoms. The fraction of sp³-hybridized carbons (Fsp3) is 0.391. The second-order valence-corrected chi connectivity index (χ2v) is 11.2. The minimum atomic E-state index is -3.30. The molecule has 2 aromatic rings. The van der Waals surface area contributed by atoms with Crippen LogP contribution in [0.3, 0.4) is 0 Å². The highest BCUT2D eigenvalue weighted by atomic mass is 32.2. The van der Waals surface area contributed by atoms with Crippen LogP contribution in [0.15, 0.2) is 58.3 Å². The summed E-state index contributed by atoms with van der Waals surface area (Å²) in [6, 6.07) is 14.4. The van der Waals surface area contributed by atoms with Crippen LogP contribution in [-0.2, 0) is 10.0 Å². The quantitative estimate of drug-likeness (QED) is 0.603. The van der Waals surface area contributed by atoms with Gasteiger partial charge in [-0.2, -0.15) is 0 Å². The van der Waals surface area contributed by atoms with Crippen LogP contribution in [0.4, 0.5) is 5.69 Å². The van der Waals surface area contributed by atoms with Crippen molar-refractivity contribution in [2.45, 2.75) is 16.2 Å². The molecule has 2 aromatic carbocycles. The molecule has 30 heavy (non-hydrogen) atoms. The first-order valence-electron chi connectivity index (χ1n) is 10.3. The third-order valence-electron chi connectivity index (χ3n) is 5.90. The lowest BCUT2D eigenvalue weighted by atomic mass is 9.95. The maximum absolute atomic E-state index is 12.0. The summed E-state index contributed by atoms with van der Waals surface area (Å²) < 4.78 is 25.4. The fourth-order valence-corrected chi connectivity index (χ4v) is 5.51. The molecule has 2 aliphatic rings. The minimum Gasteiger partial charge on any atom is -0.304 e. The van der Waals surface area contributed by atoms with Gasteiger partial charge in [-0.05, 0) is 54.4 Å². The first-order valence-corrected chi connectivity index (χ1v) is 13.0. The average molecular weight is 444 g/mol. The third kappa shape index (κ3) is 4.59. The lowest BCUT2D eigenvalue weighted by molar-refractivity contribution is 0.156. The zero-order chi connectivity index (χ0) is 21.3. The molecule has 4 rings (SSSR count). The van der Waals surface area contributed by atoms with Crippen LogP contribution in [0.1, 0.15) is 17.5 Å². The summed E-state index contributed by atoms with van der Waals surface area (Å²) in [4.78, 5) is 7.32. The molecule has 1 fully saturated rings. The summed E-state index contributed by atoms with van der Waals surface area (Å²) in [5.74, 6) is 0.